The second kappa shape index (κ2) is 3.55. The van der Waals surface area contributed by atoms with Gasteiger partial charge in [-0.15, -0.1) is 0 Å². The fourth-order valence-electron chi connectivity index (χ4n) is 0.484. The normalized spacial score (nSPS) is 14.6. The van der Waals surface area contributed by atoms with E-state index in [-0.39, 0.29) is 6.61 Å². The maximum Gasteiger partial charge on any atom is 0.293 e. The van der Waals surface area contributed by atoms with E-state index in [0.29, 0.717) is 12.2 Å². The van der Waals surface area contributed by atoms with Crippen molar-refractivity contribution in [2.24, 2.45) is 0 Å². The molecule has 1 rings (SSSR count). The third kappa shape index (κ3) is 1.81. The standard InChI is InChI=1S/C6H6O4/c7-5-8-4-6-2-1-3-9-10-6/h1-3,5H,4H2. The summed E-state index contributed by atoms with van der Waals surface area (Å²) >= 11 is 0. The van der Waals surface area contributed by atoms with Crippen molar-refractivity contribution in [1.82, 2.24) is 0 Å². The van der Waals surface area contributed by atoms with E-state index < -0.39 is 0 Å². The number of hydrogen-bond acceptors (Lipinski definition) is 4. The SMILES string of the molecule is O=COCC1=CC=COO1. The average molecular weight is 142 g/mol. The lowest BCUT2D eigenvalue weighted by Crippen LogP contribution is -2.02. The summed E-state index contributed by atoms with van der Waals surface area (Å²) in [5, 5.41) is 0. The lowest BCUT2D eigenvalue weighted by atomic mass is 10.4. The highest BCUT2D eigenvalue weighted by Gasteiger charge is 2.00. The Morgan fingerprint density at radius 1 is 1.70 bits per heavy atom. The van der Waals surface area contributed by atoms with E-state index in [1.54, 1.807) is 12.2 Å². The Labute approximate surface area is 57.6 Å². The van der Waals surface area contributed by atoms with Crippen molar-refractivity contribution in [3.63, 3.8) is 0 Å². The molecule has 1 heterocycles. The van der Waals surface area contributed by atoms with Crippen LogP contribution < -0.4 is 0 Å². The van der Waals surface area contributed by atoms with Crippen LogP contribution in [0, 0.1) is 0 Å². The summed E-state index contributed by atoms with van der Waals surface area (Å²) in [7, 11) is 0. The van der Waals surface area contributed by atoms with Crippen LogP contribution in [0.25, 0.3) is 0 Å². The molecule has 0 amide bonds. The molecule has 0 saturated carbocycles. The first-order valence-corrected chi connectivity index (χ1v) is 2.68. The van der Waals surface area contributed by atoms with E-state index in [1.165, 1.54) is 6.26 Å². The number of carbonyl (C=O) groups is 1. The summed E-state index contributed by atoms with van der Waals surface area (Å²) in [5.41, 5.74) is 0. The lowest BCUT2D eigenvalue weighted by Gasteiger charge is -2.07. The predicted molar refractivity (Wildman–Crippen MR) is 31.4 cm³/mol. The van der Waals surface area contributed by atoms with Gasteiger partial charge in [-0.25, -0.2) is 0 Å². The molecule has 54 valence electrons. The van der Waals surface area contributed by atoms with Crippen molar-refractivity contribution in [3.8, 4) is 0 Å². The lowest BCUT2D eigenvalue weighted by molar-refractivity contribution is -0.220. The Morgan fingerprint density at radius 3 is 3.20 bits per heavy atom. The van der Waals surface area contributed by atoms with Crippen LogP contribution in [0.1, 0.15) is 0 Å². The van der Waals surface area contributed by atoms with Crippen molar-refractivity contribution >= 4 is 6.47 Å². The van der Waals surface area contributed by atoms with Gasteiger partial charge in [-0.2, -0.15) is 0 Å². The number of allylic oxidation sites excluding steroid dienone is 2. The Morgan fingerprint density at radius 2 is 2.60 bits per heavy atom. The van der Waals surface area contributed by atoms with Gasteiger partial charge in [0.2, 0.25) is 0 Å². The molecule has 0 fully saturated rings. The van der Waals surface area contributed by atoms with Crippen molar-refractivity contribution < 1.29 is 19.3 Å². The van der Waals surface area contributed by atoms with Gasteiger partial charge in [0.15, 0.2) is 12.4 Å². The van der Waals surface area contributed by atoms with E-state index in [9.17, 15) is 4.79 Å². The summed E-state index contributed by atoms with van der Waals surface area (Å²) in [6, 6.07) is 0. The first-order chi connectivity index (χ1) is 4.93. The fraction of sp³-hybridized carbons (Fsp3) is 0.167. The second-order valence-corrected chi connectivity index (χ2v) is 1.55. The van der Waals surface area contributed by atoms with Crippen LogP contribution in [0.15, 0.2) is 24.2 Å². The molecule has 4 nitrogen and oxygen atoms in total. The quantitative estimate of drug-likeness (QED) is 0.425. The van der Waals surface area contributed by atoms with Gasteiger partial charge in [0.1, 0.15) is 6.26 Å². The molecule has 0 bridgehead atoms. The van der Waals surface area contributed by atoms with Gasteiger partial charge in [-0.05, 0) is 12.2 Å². The highest BCUT2D eigenvalue weighted by atomic mass is 17.2. The monoisotopic (exact) mass is 142 g/mol. The minimum absolute atomic E-state index is 0.105. The highest BCUT2D eigenvalue weighted by molar-refractivity contribution is 5.37. The highest BCUT2D eigenvalue weighted by Crippen LogP contribution is 2.04. The van der Waals surface area contributed by atoms with Crippen molar-refractivity contribution in [2.75, 3.05) is 6.61 Å². The maximum atomic E-state index is 9.68. The Hall–Kier alpha value is -1.45. The molecular weight excluding hydrogens is 136 g/mol. The van der Waals surface area contributed by atoms with Crippen molar-refractivity contribution in [2.45, 2.75) is 0 Å². The Balaban J connectivity index is 2.32. The zero-order valence-electron chi connectivity index (χ0n) is 5.15. The number of rotatable bonds is 3. The maximum absolute atomic E-state index is 9.68. The molecule has 0 aromatic rings. The number of hydrogen-bond donors (Lipinski definition) is 0. The summed E-state index contributed by atoms with van der Waals surface area (Å²) in [4.78, 5) is 18.7. The molecule has 4 heteroatoms. The topological polar surface area (TPSA) is 44.8 Å². The molecule has 0 saturated heterocycles. The van der Waals surface area contributed by atoms with Crippen LogP contribution in [-0.2, 0) is 19.3 Å². The van der Waals surface area contributed by atoms with E-state index in [2.05, 4.69) is 14.5 Å². The zero-order chi connectivity index (χ0) is 7.23. The minimum atomic E-state index is 0.105. The molecule has 0 unspecified atom stereocenters. The summed E-state index contributed by atoms with van der Waals surface area (Å²) in [5.74, 6) is 0.467. The van der Waals surface area contributed by atoms with E-state index in [0.717, 1.165) is 0 Å². The predicted octanol–water partition coefficient (Wildman–Crippen LogP) is 0.519. The van der Waals surface area contributed by atoms with Crippen LogP contribution in [-0.4, -0.2) is 13.1 Å². The van der Waals surface area contributed by atoms with Gasteiger partial charge < -0.3 is 4.74 Å². The fourth-order valence-corrected chi connectivity index (χ4v) is 0.484. The minimum Gasteiger partial charge on any atom is -0.460 e. The summed E-state index contributed by atoms with van der Waals surface area (Å²) in [6.45, 7) is 0.455. The molecule has 0 N–H and O–H groups in total. The van der Waals surface area contributed by atoms with Crippen LogP contribution in [0.2, 0.25) is 0 Å². The molecule has 0 aromatic carbocycles. The first kappa shape index (κ1) is 6.67. The smallest absolute Gasteiger partial charge is 0.293 e. The summed E-state index contributed by atoms with van der Waals surface area (Å²) in [6.07, 6.45) is 4.67. The largest absolute Gasteiger partial charge is 0.460 e. The first-order valence-electron chi connectivity index (χ1n) is 2.68. The molecule has 0 radical (unpaired) electrons. The van der Waals surface area contributed by atoms with E-state index >= 15 is 0 Å². The van der Waals surface area contributed by atoms with Gasteiger partial charge in [-0.1, -0.05) is 0 Å². The molecule has 0 atom stereocenters. The molecule has 0 aromatic heterocycles. The van der Waals surface area contributed by atoms with Gasteiger partial charge in [0, 0.05) is 0 Å². The molecule has 0 aliphatic carbocycles. The van der Waals surface area contributed by atoms with Crippen LogP contribution in [0.4, 0.5) is 0 Å². The molecule has 1 aliphatic heterocycles. The number of ether oxygens (including phenoxy) is 1. The van der Waals surface area contributed by atoms with Crippen molar-refractivity contribution in [1.29, 1.82) is 0 Å². The van der Waals surface area contributed by atoms with Gasteiger partial charge in [0.25, 0.3) is 6.47 Å². The molecule has 1 aliphatic rings. The molecule has 10 heavy (non-hydrogen) atoms. The van der Waals surface area contributed by atoms with E-state index in [1.807, 2.05) is 0 Å². The van der Waals surface area contributed by atoms with Crippen molar-refractivity contribution in [3.05, 3.63) is 24.2 Å². The Bertz CT molecular complexity index is 171. The van der Waals surface area contributed by atoms with E-state index in [4.69, 9.17) is 0 Å². The number of carbonyl (C=O) groups excluding carboxylic acids is 1. The molecular formula is C6H6O4. The van der Waals surface area contributed by atoms with Gasteiger partial charge in [0.05, 0.1) is 0 Å². The van der Waals surface area contributed by atoms with Gasteiger partial charge >= 0.3 is 0 Å². The molecule has 0 spiro atoms. The summed E-state index contributed by atoms with van der Waals surface area (Å²) < 4.78 is 4.39. The zero-order valence-corrected chi connectivity index (χ0v) is 5.15. The second-order valence-electron chi connectivity index (χ2n) is 1.55. The average Bonchev–Trinajstić information content (AvgIpc) is 2.03. The third-order valence-electron chi connectivity index (χ3n) is 0.865. The Kier molecular flexibility index (Phi) is 2.37. The van der Waals surface area contributed by atoms with Crippen LogP contribution in [0.3, 0.4) is 0 Å². The van der Waals surface area contributed by atoms with Gasteiger partial charge in [-0.3, -0.25) is 14.6 Å². The third-order valence-corrected chi connectivity index (χ3v) is 0.865. The van der Waals surface area contributed by atoms with Crippen LogP contribution >= 0.6 is 0 Å². The van der Waals surface area contributed by atoms with Crippen LogP contribution in [0.5, 0.6) is 0 Å².